The summed E-state index contributed by atoms with van der Waals surface area (Å²) >= 11 is 0. The Balaban J connectivity index is 2.40. The van der Waals surface area contributed by atoms with E-state index in [1.807, 2.05) is 0 Å². The molecule has 0 aliphatic carbocycles. The van der Waals surface area contributed by atoms with Crippen LogP contribution < -0.4 is 23.7 Å². The first-order chi connectivity index (χ1) is 19.6. The molecule has 0 spiro atoms. The van der Waals surface area contributed by atoms with E-state index >= 15 is 0 Å². The molecular formula is C32H30O10. The van der Waals surface area contributed by atoms with Gasteiger partial charge in [-0.2, -0.15) is 0 Å². The Morgan fingerprint density at radius 2 is 0.905 bits per heavy atom. The highest BCUT2D eigenvalue weighted by Crippen LogP contribution is 2.33. The van der Waals surface area contributed by atoms with Gasteiger partial charge in [-0.3, -0.25) is 0 Å². The second kappa shape index (κ2) is 14.2. The highest BCUT2D eigenvalue weighted by Gasteiger charge is 2.18. The van der Waals surface area contributed by atoms with Gasteiger partial charge in [0, 0.05) is 46.6 Å². The van der Waals surface area contributed by atoms with Crippen molar-refractivity contribution in [3.63, 3.8) is 0 Å². The molecule has 0 saturated heterocycles. The number of benzene rings is 2. The summed E-state index contributed by atoms with van der Waals surface area (Å²) in [6.45, 7) is 21.5. The van der Waals surface area contributed by atoms with Crippen molar-refractivity contribution in [2.75, 3.05) is 0 Å². The molecule has 0 fully saturated rings. The average molecular weight is 575 g/mol. The summed E-state index contributed by atoms with van der Waals surface area (Å²) in [4.78, 5) is 61.0. The molecule has 2 rings (SSSR count). The molecule has 10 nitrogen and oxygen atoms in total. The fourth-order valence-electron chi connectivity index (χ4n) is 2.81. The van der Waals surface area contributed by atoms with Crippen LogP contribution in [0.5, 0.6) is 28.7 Å². The van der Waals surface area contributed by atoms with Gasteiger partial charge in [0.05, 0.1) is 0 Å². The third-order valence-corrected chi connectivity index (χ3v) is 5.03. The lowest BCUT2D eigenvalue weighted by Crippen LogP contribution is -2.13. The molecule has 0 N–H and O–H groups in total. The molecular weight excluding hydrogens is 544 g/mol. The minimum absolute atomic E-state index is 0.0466. The average Bonchev–Trinajstić information content (AvgIpc) is 2.88. The number of carbonyl (C=O) groups is 5. The molecule has 0 aliphatic heterocycles. The maximum Gasteiger partial charge on any atom is 0.338 e. The Hall–Kier alpha value is -5.51. The minimum Gasteiger partial charge on any atom is -0.423 e. The van der Waals surface area contributed by atoms with Gasteiger partial charge < -0.3 is 23.7 Å². The molecule has 0 radical (unpaired) electrons. The van der Waals surface area contributed by atoms with E-state index in [2.05, 4.69) is 26.3 Å². The van der Waals surface area contributed by atoms with Crippen molar-refractivity contribution >= 4 is 35.4 Å². The summed E-state index contributed by atoms with van der Waals surface area (Å²) in [5, 5.41) is 0. The second-order valence-corrected chi connectivity index (χ2v) is 9.23. The standard InChI is InChI=1S/C32H30O10/c1-17(2)29(34)39-24-14-23(15-25(16-24)40-30(35)18(3)4)38-28(33)12-21(9)22-10-11-26(41-31(36)19(5)6)27(13-22)42-32(37)20(7)8/h10-16H,1,3,5,7H2,2,4,6,8-9H3. The Kier molecular flexibility index (Phi) is 11.1. The van der Waals surface area contributed by atoms with Crippen LogP contribution in [0, 0.1) is 0 Å². The maximum absolute atomic E-state index is 12.8. The molecule has 0 aliphatic rings. The summed E-state index contributed by atoms with van der Waals surface area (Å²) in [7, 11) is 0. The van der Waals surface area contributed by atoms with Crippen LogP contribution >= 0.6 is 0 Å². The van der Waals surface area contributed by atoms with E-state index in [-0.39, 0.29) is 51.0 Å². The van der Waals surface area contributed by atoms with E-state index in [1.54, 1.807) is 6.92 Å². The van der Waals surface area contributed by atoms with Crippen LogP contribution in [0.15, 0.2) is 91.1 Å². The minimum atomic E-state index is -0.841. The normalized spacial score (nSPS) is 10.5. The topological polar surface area (TPSA) is 132 Å². The Morgan fingerprint density at radius 3 is 1.33 bits per heavy atom. The molecule has 218 valence electrons. The predicted molar refractivity (Wildman–Crippen MR) is 154 cm³/mol. The molecule has 0 heterocycles. The van der Waals surface area contributed by atoms with Gasteiger partial charge in [-0.1, -0.05) is 32.4 Å². The first-order valence-electron chi connectivity index (χ1n) is 12.3. The number of esters is 5. The summed E-state index contributed by atoms with van der Waals surface area (Å²) in [6.07, 6.45) is 1.14. The number of ether oxygens (including phenoxy) is 5. The van der Waals surface area contributed by atoms with E-state index in [4.69, 9.17) is 23.7 Å². The Labute approximate surface area is 243 Å². The van der Waals surface area contributed by atoms with Gasteiger partial charge >= 0.3 is 29.8 Å². The first kappa shape index (κ1) is 32.7. The van der Waals surface area contributed by atoms with Crippen molar-refractivity contribution in [1.82, 2.24) is 0 Å². The van der Waals surface area contributed by atoms with Gasteiger partial charge in [-0.05, 0) is 57.9 Å². The molecule has 0 saturated carbocycles. The van der Waals surface area contributed by atoms with Crippen LogP contribution in [0.2, 0.25) is 0 Å². The van der Waals surface area contributed by atoms with Gasteiger partial charge in [0.2, 0.25) is 0 Å². The fourth-order valence-corrected chi connectivity index (χ4v) is 2.81. The number of rotatable bonds is 11. The molecule has 2 aromatic carbocycles. The van der Waals surface area contributed by atoms with E-state index in [9.17, 15) is 24.0 Å². The van der Waals surface area contributed by atoms with E-state index in [0.717, 1.165) is 6.08 Å². The summed E-state index contributed by atoms with van der Waals surface area (Å²) in [6, 6.07) is 8.08. The molecule has 0 bridgehead atoms. The molecule has 2 aromatic rings. The number of hydrogen-bond donors (Lipinski definition) is 0. The van der Waals surface area contributed by atoms with E-state index in [1.165, 1.54) is 64.1 Å². The maximum atomic E-state index is 12.8. The highest BCUT2D eigenvalue weighted by atomic mass is 16.6. The van der Waals surface area contributed by atoms with Crippen molar-refractivity contribution in [3.05, 3.63) is 96.6 Å². The third-order valence-electron chi connectivity index (χ3n) is 5.03. The van der Waals surface area contributed by atoms with Gasteiger partial charge in [-0.15, -0.1) is 0 Å². The lowest BCUT2D eigenvalue weighted by Gasteiger charge is -2.13. The van der Waals surface area contributed by atoms with Crippen molar-refractivity contribution in [3.8, 4) is 28.7 Å². The van der Waals surface area contributed by atoms with Gasteiger partial charge in [0.25, 0.3) is 0 Å². The van der Waals surface area contributed by atoms with Crippen molar-refractivity contribution in [1.29, 1.82) is 0 Å². The summed E-state index contributed by atoms with van der Waals surface area (Å²) < 4.78 is 26.3. The number of carbonyl (C=O) groups excluding carboxylic acids is 5. The molecule has 0 unspecified atom stereocenters. The predicted octanol–water partition coefficient (Wildman–Crippen LogP) is 5.62. The monoisotopic (exact) mass is 574 g/mol. The van der Waals surface area contributed by atoms with Gasteiger partial charge in [0.1, 0.15) is 17.2 Å². The van der Waals surface area contributed by atoms with E-state index in [0.29, 0.717) is 11.1 Å². The van der Waals surface area contributed by atoms with Crippen LogP contribution in [0.25, 0.3) is 5.57 Å². The van der Waals surface area contributed by atoms with E-state index < -0.39 is 29.8 Å². The highest BCUT2D eigenvalue weighted by molar-refractivity contribution is 5.94. The zero-order valence-corrected chi connectivity index (χ0v) is 24.0. The molecule has 0 aromatic heterocycles. The van der Waals surface area contributed by atoms with Crippen LogP contribution in [-0.4, -0.2) is 29.8 Å². The zero-order valence-electron chi connectivity index (χ0n) is 24.0. The largest absolute Gasteiger partial charge is 0.423 e. The van der Waals surface area contributed by atoms with Crippen molar-refractivity contribution in [2.24, 2.45) is 0 Å². The van der Waals surface area contributed by atoms with Crippen LogP contribution in [0.1, 0.15) is 40.2 Å². The zero-order chi connectivity index (χ0) is 31.7. The lowest BCUT2D eigenvalue weighted by atomic mass is 10.1. The van der Waals surface area contributed by atoms with Crippen LogP contribution in [-0.2, 0) is 24.0 Å². The summed E-state index contributed by atoms with van der Waals surface area (Å²) in [5.41, 5.74) is 1.27. The second-order valence-electron chi connectivity index (χ2n) is 9.23. The first-order valence-corrected chi connectivity index (χ1v) is 12.3. The fraction of sp³-hybridized carbons (Fsp3) is 0.156. The molecule has 10 heteroatoms. The number of hydrogen-bond acceptors (Lipinski definition) is 10. The van der Waals surface area contributed by atoms with Crippen molar-refractivity contribution in [2.45, 2.75) is 34.6 Å². The van der Waals surface area contributed by atoms with Gasteiger partial charge in [-0.25, -0.2) is 24.0 Å². The smallest absolute Gasteiger partial charge is 0.338 e. The molecule has 0 atom stereocenters. The molecule has 0 amide bonds. The Morgan fingerprint density at radius 1 is 0.524 bits per heavy atom. The lowest BCUT2D eigenvalue weighted by molar-refractivity contribution is -0.132. The third kappa shape index (κ3) is 9.60. The Bertz CT molecular complexity index is 1510. The number of allylic oxidation sites excluding steroid dienone is 1. The van der Waals surface area contributed by atoms with Crippen LogP contribution in [0.3, 0.4) is 0 Å². The van der Waals surface area contributed by atoms with Crippen molar-refractivity contribution < 1.29 is 47.7 Å². The summed E-state index contributed by atoms with van der Waals surface area (Å²) in [5.74, 6) is -4.18. The van der Waals surface area contributed by atoms with Crippen LogP contribution in [0.4, 0.5) is 0 Å². The SMILES string of the molecule is C=C(C)C(=O)Oc1cc(OC(=O)C=C(C)c2ccc(OC(=O)C(=C)C)c(OC(=O)C(=C)C)c2)cc(OC(=O)C(=C)C)c1. The van der Waals surface area contributed by atoms with Gasteiger partial charge in [0.15, 0.2) is 11.5 Å². The molecule has 42 heavy (non-hydrogen) atoms. The quantitative estimate of drug-likeness (QED) is 0.189.